The number of carbonyl (C=O) groups is 1. The first-order valence-electron chi connectivity index (χ1n) is 5.22. The van der Waals surface area contributed by atoms with Gasteiger partial charge in [0, 0.05) is 5.92 Å². The molecule has 1 aromatic carbocycles. The number of hydrogen-bond acceptors (Lipinski definition) is 2. The molecule has 2 nitrogen and oxygen atoms in total. The second-order valence-corrected chi connectivity index (χ2v) is 4.36. The van der Waals surface area contributed by atoms with Gasteiger partial charge >= 0.3 is 0 Å². The first-order valence-corrected chi connectivity index (χ1v) is 5.22. The molecule has 0 saturated carbocycles. The SMILES string of the molecule is CC(=O)C(C)CC(C)(O)c1ccccc1. The number of benzene rings is 1. The highest BCUT2D eigenvalue weighted by Crippen LogP contribution is 2.28. The molecule has 0 fully saturated rings. The highest BCUT2D eigenvalue weighted by Gasteiger charge is 2.26. The minimum atomic E-state index is -0.924. The minimum Gasteiger partial charge on any atom is -0.385 e. The quantitative estimate of drug-likeness (QED) is 0.821. The standard InChI is InChI=1S/C13H18O2/c1-10(11(2)14)9-13(3,15)12-7-5-4-6-8-12/h4-8,10,15H,9H2,1-3H3. The van der Waals surface area contributed by atoms with E-state index < -0.39 is 5.60 Å². The lowest BCUT2D eigenvalue weighted by molar-refractivity contribution is -0.122. The highest BCUT2D eigenvalue weighted by molar-refractivity contribution is 5.77. The summed E-state index contributed by atoms with van der Waals surface area (Å²) < 4.78 is 0. The molecule has 0 saturated heterocycles. The predicted molar refractivity (Wildman–Crippen MR) is 60.5 cm³/mol. The van der Waals surface area contributed by atoms with Crippen molar-refractivity contribution in [3.8, 4) is 0 Å². The Labute approximate surface area is 90.9 Å². The molecule has 0 heterocycles. The summed E-state index contributed by atoms with van der Waals surface area (Å²) in [6.45, 7) is 5.16. The Balaban J connectivity index is 2.80. The molecule has 0 aromatic heterocycles. The van der Waals surface area contributed by atoms with Gasteiger partial charge in [-0.05, 0) is 25.8 Å². The molecule has 1 aromatic rings. The number of ketones is 1. The number of rotatable bonds is 4. The Morgan fingerprint density at radius 2 is 1.93 bits per heavy atom. The molecule has 0 aliphatic heterocycles. The van der Waals surface area contributed by atoms with Crippen molar-refractivity contribution in [2.45, 2.75) is 32.8 Å². The zero-order valence-electron chi connectivity index (χ0n) is 9.53. The van der Waals surface area contributed by atoms with Gasteiger partial charge in [0.1, 0.15) is 5.78 Å². The second-order valence-electron chi connectivity index (χ2n) is 4.36. The van der Waals surface area contributed by atoms with Gasteiger partial charge < -0.3 is 5.11 Å². The van der Waals surface area contributed by atoms with Gasteiger partial charge in [-0.2, -0.15) is 0 Å². The molecule has 0 bridgehead atoms. The molecule has 0 aliphatic carbocycles. The number of Topliss-reactive ketones (excluding diaryl/α,β-unsaturated/α-hetero) is 1. The van der Waals surface area contributed by atoms with Crippen LogP contribution in [0.5, 0.6) is 0 Å². The van der Waals surface area contributed by atoms with Crippen LogP contribution < -0.4 is 0 Å². The minimum absolute atomic E-state index is 0.111. The molecule has 15 heavy (non-hydrogen) atoms. The van der Waals surface area contributed by atoms with Crippen molar-refractivity contribution >= 4 is 5.78 Å². The fourth-order valence-corrected chi connectivity index (χ4v) is 1.65. The highest BCUT2D eigenvalue weighted by atomic mass is 16.3. The molecular formula is C13H18O2. The molecule has 0 amide bonds. The van der Waals surface area contributed by atoms with Crippen molar-refractivity contribution in [2.24, 2.45) is 5.92 Å². The first kappa shape index (κ1) is 11.9. The molecule has 0 radical (unpaired) electrons. The Morgan fingerprint density at radius 3 is 2.40 bits per heavy atom. The normalized spacial score (nSPS) is 16.8. The van der Waals surface area contributed by atoms with Gasteiger partial charge in [0.15, 0.2) is 0 Å². The lowest BCUT2D eigenvalue weighted by Crippen LogP contribution is -2.26. The average Bonchev–Trinajstić information content (AvgIpc) is 2.18. The fraction of sp³-hybridized carbons (Fsp3) is 0.462. The van der Waals surface area contributed by atoms with Crippen LogP contribution in [0.15, 0.2) is 30.3 Å². The van der Waals surface area contributed by atoms with E-state index in [0.29, 0.717) is 6.42 Å². The van der Waals surface area contributed by atoms with E-state index >= 15 is 0 Å². The van der Waals surface area contributed by atoms with Crippen molar-refractivity contribution < 1.29 is 9.90 Å². The monoisotopic (exact) mass is 206 g/mol. The lowest BCUT2D eigenvalue weighted by atomic mass is 9.85. The number of aliphatic hydroxyl groups is 1. The smallest absolute Gasteiger partial charge is 0.132 e. The Morgan fingerprint density at radius 1 is 1.40 bits per heavy atom. The van der Waals surface area contributed by atoms with Crippen LogP contribution in [0.25, 0.3) is 0 Å². The summed E-state index contributed by atoms with van der Waals surface area (Å²) in [5, 5.41) is 10.3. The van der Waals surface area contributed by atoms with Crippen molar-refractivity contribution in [1.29, 1.82) is 0 Å². The summed E-state index contributed by atoms with van der Waals surface area (Å²) in [6.07, 6.45) is 0.465. The predicted octanol–water partition coefficient (Wildman–Crippen LogP) is 2.51. The Kier molecular flexibility index (Phi) is 3.64. The zero-order chi connectivity index (χ0) is 11.5. The molecule has 2 heteroatoms. The second kappa shape index (κ2) is 4.58. The third-order valence-corrected chi connectivity index (χ3v) is 2.79. The van der Waals surface area contributed by atoms with Gasteiger partial charge in [-0.3, -0.25) is 4.79 Å². The summed E-state index contributed by atoms with van der Waals surface area (Å²) >= 11 is 0. The average molecular weight is 206 g/mol. The van der Waals surface area contributed by atoms with Crippen molar-refractivity contribution in [2.75, 3.05) is 0 Å². The molecular weight excluding hydrogens is 188 g/mol. The van der Waals surface area contributed by atoms with Gasteiger partial charge in [-0.1, -0.05) is 37.3 Å². The molecule has 0 aliphatic rings. The summed E-state index contributed by atoms with van der Waals surface area (Å²) in [4.78, 5) is 11.1. The largest absolute Gasteiger partial charge is 0.385 e. The Bertz CT molecular complexity index is 328. The van der Waals surface area contributed by atoms with Crippen LogP contribution in [0, 0.1) is 5.92 Å². The first-order chi connectivity index (χ1) is 6.93. The van der Waals surface area contributed by atoms with Crippen LogP contribution in [0.3, 0.4) is 0 Å². The van der Waals surface area contributed by atoms with Crippen molar-refractivity contribution in [1.82, 2.24) is 0 Å². The maximum Gasteiger partial charge on any atom is 0.132 e. The summed E-state index contributed by atoms with van der Waals surface area (Å²) in [5.74, 6) is 0.00594. The lowest BCUT2D eigenvalue weighted by Gasteiger charge is -2.26. The van der Waals surface area contributed by atoms with E-state index in [4.69, 9.17) is 0 Å². The summed E-state index contributed by atoms with van der Waals surface area (Å²) in [5.41, 5.74) is -0.0649. The van der Waals surface area contributed by atoms with Gasteiger partial charge in [0.2, 0.25) is 0 Å². The van der Waals surface area contributed by atoms with Crippen molar-refractivity contribution in [3.63, 3.8) is 0 Å². The van der Waals surface area contributed by atoms with E-state index in [1.807, 2.05) is 37.3 Å². The van der Waals surface area contributed by atoms with Crippen molar-refractivity contribution in [3.05, 3.63) is 35.9 Å². The fourth-order valence-electron chi connectivity index (χ4n) is 1.65. The molecule has 0 spiro atoms. The number of carbonyl (C=O) groups excluding carboxylic acids is 1. The van der Waals surface area contributed by atoms with Crippen LogP contribution in [0.4, 0.5) is 0 Å². The number of hydrogen-bond donors (Lipinski definition) is 1. The summed E-state index contributed by atoms with van der Waals surface area (Å²) in [6, 6.07) is 9.46. The van der Waals surface area contributed by atoms with Crippen LogP contribution in [0.2, 0.25) is 0 Å². The maximum atomic E-state index is 11.1. The van der Waals surface area contributed by atoms with Crippen LogP contribution >= 0.6 is 0 Å². The van der Waals surface area contributed by atoms with Gasteiger partial charge in [-0.15, -0.1) is 0 Å². The molecule has 1 N–H and O–H groups in total. The molecule has 2 atom stereocenters. The van der Waals surface area contributed by atoms with E-state index in [2.05, 4.69) is 0 Å². The van der Waals surface area contributed by atoms with Crippen LogP contribution in [-0.2, 0) is 10.4 Å². The van der Waals surface area contributed by atoms with E-state index in [1.54, 1.807) is 13.8 Å². The summed E-state index contributed by atoms with van der Waals surface area (Å²) in [7, 11) is 0. The van der Waals surface area contributed by atoms with Crippen LogP contribution in [0.1, 0.15) is 32.8 Å². The molecule has 1 rings (SSSR count). The zero-order valence-corrected chi connectivity index (χ0v) is 9.53. The van der Waals surface area contributed by atoms with Gasteiger partial charge in [-0.25, -0.2) is 0 Å². The van der Waals surface area contributed by atoms with E-state index in [1.165, 1.54) is 0 Å². The molecule has 82 valence electrons. The van der Waals surface area contributed by atoms with E-state index in [9.17, 15) is 9.90 Å². The third kappa shape index (κ3) is 3.17. The third-order valence-electron chi connectivity index (χ3n) is 2.79. The topological polar surface area (TPSA) is 37.3 Å². The van der Waals surface area contributed by atoms with E-state index in [-0.39, 0.29) is 11.7 Å². The maximum absolute atomic E-state index is 11.1. The Hall–Kier alpha value is -1.15. The van der Waals surface area contributed by atoms with Gasteiger partial charge in [0.25, 0.3) is 0 Å². The molecule has 2 unspecified atom stereocenters. The van der Waals surface area contributed by atoms with E-state index in [0.717, 1.165) is 5.56 Å². The van der Waals surface area contributed by atoms with Gasteiger partial charge in [0.05, 0.1) is 5.60 Å². The van der Waals surface area contributed by atoms with Crippen LogP contribution in [-0.4, -0.2) is 10.9 Å².